The number of allylic oxidation sites excluding steroid dienone is 13. The maximum absolute atomic E-state index is 12.4. The Kier molecular flexibility index (Phi) is 47.9. The lowest BCUT2D eigenvalue weighted by atomic mass is 10.0. The van der Waals surface area contributed by atoms with E-state index in [4.69, 9.17) is 0 Å². The molecule has 4 nitrogen and oxygen atoms in total. The molecule has 1 amide bonds. The van der Waals surface area contributed by atoms with Crippen molar-refractivity contribution in [2.75, 3.05) is 6.61 Å². The predicted octanol–water partition coefficient (Wildman–Crippen LogP) is 16.4. The smallest absolute Gasteiger partial charge is 0.220 e. The fourth-order valence-corrected chi connectivity index (χ4v) is 7.28. The Morgan fingerprint density at radius 3 is 1.19 bits per heavy atom. The fourth-order valence-electron chi connectivity index (χ4n) is 7.28. The largest absolute Gasteiger partial charge is 0.394 e. The molecule has 0 fully saturated rings. The van der Waals surface area contributed by atoms with E-state index in [1.54, 1.807) is 6.08 Å². The van der Waals surface area contributed by atoms with Gasteiger partial charge in [0, 0.05) is 6.42 Å². The van der Waals surface area contributed by atoms with Crippen molar-refractivity contribution in [1.82, 2.24) is 5.32 Å². The molecule has 2 unspecified atom stereocenters. The molecule has 0 heterocycles. The number of aliphatic hydroxyl groups is 2. The number of unbranched alkanes of at least 4 members (excludes halogenated alkanes) is 26. The average Bonchev–Trinajstić information content (AvgIpc) is 3.24. The van der Waals surface area contributed by atoms with Crippen LogP contribution in [0, 0.1) is 0 Å². The van der Waals surface area contributed by atoms with Gasteiger partial charge in [-0.25, -0.2) is 0 Å². The number of carbonyl (C=O) groups excluding carboxylic acids is 1. The molecular weight excluding hydrogens is 723 g/mol. The molecule has 0 spiro atoms. The molecule has 0 saturated carbocycles. The van der Waals surface area contributed by atoms with E-state index in [1.807, 2.05) is 6.08 Å². The van der Waals surface area contributed by atoms with Gasteiger partial charge in [-0.1, -0.05) is 240 Å². The first-order chi connectivity index (χ1) is 29.2. The molecule has 0 aliphatic carbocycles. The minimum absolute atomic E-state index is 0.0762. The van der Waals surface area contributed by atoms with Gasteiger partial charge in [0.2, 0.25) is 5.91 Å². The molecule has 0 aromatic heterocycles. The number of hydrogen-bond acceptors (Lipinski definition) is 3. The highest BCUT2D eigenvalue weighted by Crippen LogP contribution is 2.15. The zero-order valence-corrected chi connectivity index (χ0v) is 39.0. The van der Waals surface area contributed by atoms with Gasteiger partial charge >= 0.3 is 0 Å². The molecule has 0 bridgehead atoms. The van der Waals surface area contributed by atoms with Crippen molar-refractivity contribution in [3.05, 3.63) is 85.1 Å². The van der Waals surface area contributed by atoms with Gasteiger partial charge in [-0.2, -0.15) is 0 Å². The van der Waals surface area contributed by atoms with Crippen molar-refractivity contribution in [3.8, 4) is 0 Å². The Balaban J connectivity index is 3.55. The van der Waals surface area contributed by atoms with Crippen molar-refractivity contribution in [1.29, 1.82) is 0 Å². The monoisotopic (exact) mass is 820 g/mol. The SMILES string of the molecule is CC/C=C\C/C=C\C/C=C\C/C=C\C/C=C\CCCCCCCCCCCCCCCCCC(=O)NC(CO)C(O)/C=C/CC/C=C/CCCCCCCCCCCC. The van der Waals surface area contributed by atoms with Crippen molar-refractivity contribution < 1.29 is 15.0 Å². The van der Waals surface area contributed by atoms with E-state index in [0.29, 0.717) is 6.42 Å². The fraction of sp³-hybridized carbons (Fsp3) is 0.727. The highest BCUT2D eigenvalue weighted by molar-refractivity contribution is 5.76. The van der Waals surface area contributed by atoms with E-state index in [1.165, 1.54) is 154 Å². The van der Waals surface area contributed by atoms with Crippen molar-refractivity contribution in [3.63, 3.8) is 0 Å². The standard InChI is InChI=1S/C55H97NO3/c1-3-5-7-9-11-13-15-17-19-21-22-23-24-25-26-27-28-29-30-31-32-33-34-35-37-39-41-43-45-47-49-51-55(59)56-53(52-57)54(58)50-48-46-44-42-40-38-36-20-18-16-14-12-10-8-6-4-2/h5,7,11,13,17,19,22-23,25-26,40,42,48,50,53-54,57-58H,3-4,6,8-10,12,14-16,18,20-21,24,27-39,41,43-47,49,51-52H2,1-2H3,(H,56,59)/b7-5-,13-11-,19-17-,23-22-,26-25-,42-40+,50-48+. The highest BCUT2D eigenvalue weighted by atomic mass is 16.3. The maximum Gasteiger partial charge on any atom is 0.220 e. The molecule has 4 heteroatoms. The zero-order chi connectivity index (χ0) is 42.8. The molecule has 59 heavy (non-hydrogen) atoms. The minimum atomic E-state index is -0.865. The van der Waals surface area contributed by atoms with Crippen LogP contribution in [0.3, 0.4) is 0 Å². The van der Waals surface area contributed by atoms with Gasteiger partial charge in [-0.05, 0) is 77.0 Å². The second-order valence-corrected chi connectivity index (χ2v) is 16.8. The average molecular weight is 820 g/mol. The first-order valence-electron chi connectivity index (χ1n) is 25.3. The van der Waals surface area contributed by atoms with E-state index in [2.05, 4.69) is 92.1 Å². The molecule has 0 aromatic carbocycles. The summed E-state index contributed by atoms with van der Waals surface area (Å²) in [5.74, 6) is -0.0762. The van der Waals surface area contributed by atoms with Crippen LogP contribution < -0.4 is 5.32 Å². The lowest BCUT2D eigenvalue weighted by Gasteiger charge is -2.19. The molecule has 2 atom stereocenters. The van der Waals surface area contributed by atoms with E-state index in [0.717, 1.165) is 64.2 Å². The third-order valence-electron chi connectivity index (χ3n) is 11.1. The first kappa shape index (κ1) is 56.6. The molecule has 0 radical (unpaired) electrons. The second kappa shape index (κ2) is 49.9. The van der Waals surface area contributed by atoms with Crippen LogP contribution in [0.2, 0.25) is 0 Å². The molecule has 340 valence electrons. The summed E-state index contributed by atoms with van der Waals surface area (Å²) in [6, 6.07) is -0.642. The summed E-state index contributed by atoms with van der Waals surface area (Å²) in [4.78, 5) is 12.4. The van der Waals surface area contributed by atoms with Crippen LogP contribution in [0.4, 0.5) is 0 Å². The summed E-state index contributed by atoms with van der Waals surface area (Å²) in [5, 5.41) is 23.0. The molecular formula is C55H97NO3. The van der Waals surface area contributed by atoms with Crippen LogP contribution in [-0.2, 0) is 4.79 Å². The Morgan fingerprint density at radius 1 is 0.424 bits per heavy atom. The van der Waals surface area contributed by atoms with E-state index in [-0.39, 0.29) is 12.5 Å². The summed E-state index contributed by atoms with van der Waals surface area (Å²) < 4.78 is 0. The minimum Gasteiger partial charge on any atom is -0.394 e. The van der Waals surface area contributed by atoms with E-state index < -0.39 is 12.1 Å². The van der Waals surface area contributed by atoms with Gasteiger partial charge in [-0.15, -0.1) is 0 Å². The van der Waals surface area contributed by atoms with Gasteiger partial charge in [-0.3, -0.25) is 4.79 Å². The number of aliphatic hydroxyl groups excluding tert-OH is 2. The number of nitrogens with one attached hydrogen (secondary N) is 1. The van der Waals surface area contributed by atoms with Crippen LogP contribution in [-0.4, -0.2) is 34.9 Å². The van der Waals surface area contributed by atoms with Gasteiger partial charge in [0.25, 0.3) is 0 Å². The molecule has 0 rings (SSSR count). The maximum atomic E-state index is 12.4. The molecule has 0 aliphatic rings. The Labute approximate surface area is 367 Å². The first-order valence-corrected chi connectivity index (χ1v) is 25.3. The summed E-state index contributed by atoms with van der Waals surface area (Å²) in [5.41, 5.74) is 0. The van der Waals surface area contributed by atoms with Crippen LogP contribution in [0.25, 0.3) is 0 Å². The Morgan fingerprint density at radius 2 is 0.763 bits per heavy atom. The third-order valence-corrected chi connectivity index (χ3v) is 11.1. The quantitative estimate of drug-likeness (QED) is 0.0423. The van der Waals surface area contributed by atoms with Crippen LogP contribution in [0.15, 0.2) is 85.1 Å². The summed E-state index contributed by atoms with van der Waals surface area (Å²) >= 11 is 0. The van der Waals surface area contributed by atoms with Crippen LogP contribution >= 0.6 is 0 Å². The van der Waals surface area contributed by atoms with E-state index in [9.17, 15) is 15.0 Å². The van der Waals surface area contributed by atoms with Crippen molar-refractivity contribution >= 4 is 5.91 Å². The van der Waals surface area contributed by atoms with Gasteiger partial charge in [0.15, 0.2) is 0 Å². The van der Waals surface area contributed by atoms with Gasteiger partial charge < -0.3 is 15.5 Å². The van der Waals surface area contributed by atoms with Crippen LogP contribution in [0.5, 0.6) is 0 Å². The summed E-state index contributed by atoms with van der Waals surface area (Å²) in [6.45, 7) is 4.18. The van der Waals surface area contributed by atoms with Crippen LogP contribution in [0.1, 0.15) is 239 Å². The Bertz CT molecular complexity index is 1070. The molecule has 0 aromatic rings. The number of hydrogen-bond donors (Lipinski definition) is 3. The lowest BCUT2D eigenvalue weighted by molar-refractivity contribution is -0.123. The molecule has 0 aliphatic heterocycles. The summed E-state index contributed by atoms with van der Waals surface area (Å²) in [7, 11) is 0. The normalized spacial score (nSPS) is 13.6. The molecule has 3 N–H and O–H groups in total. The highest BCUT2D eigenvalue weighted by Gasteiger charge is 2.17. The topological polar surface area (TPSA) is 69.6 Å². The third kappa shape index (κ3) is 46.5. The van der Waals surface area contributed by atoms with Crippen molar-refractivity contribution in [2.24, 2.45) is 0 Å². The summed E-state index contributed by atoms with van der Waals surface area (Å²) in [6.07, 6.45) is 72.9. The number of rotatable bonds is 45. The zero-order valence-electron chi connectivity index (χ0n) is 39.0. The number of carbonyl (C=O) groups is 1. The van der Waals surface area contributed by atoms with Gasteiger partial charge in [0.05, 0.1) is 18.8 Å². The molecule has 0 saturated heterocycles. The lowest BCUT2D eigenvalue weighted by Crippen LogP contribution is -2.45. The second-order valence-electron chi connectivity index (χ2n) is 16.8. The van der Waals surface area contributed by atoms with E-state index >= 15 is 0 Å². The predicted molar refractivity (Wildman–Crippen MR) is 262 cm³/mol. The Hall–Kier alpha value is -2.43. The van der Waals surface area contributed by atoms with Gasteiger partial charge in [0.1, 0.15) is 0 Å². The van der Waals surface area contributed by atoms with Crippen molar-refractivity contribution in [2.45, 2.75) is 251 Å². The number of amides is 1.